The first-order valence-electron chi connectivity index (χ1n) is 8.43. The maximum absolute atomic E-state index is 13.1. The summed E-state index contributed by atoms with van der Waals surface area (Å²) < 4.78 is 43.9. The summed E-state index contributed by atoms with van der Waals surface area (Å²) in [5.74, 6) is -3.74. The molecule has 5 nitrogen and oxygen atoms in total. The summed E-state index contributed by atoms with van der Waals surface area (Å²) in [5.41, 5.74) is 0.335. The largest absolute Gasteiger partial charge is 0.478 e. The number of hydrogen-bond donors (Lipinski definition) is 2. The van der Waals surface area contributed by atoms with Crippen molar-refractivity contribution in [1.82, 2.24) is 5.32 Å². The van der Waals surface area contributed by atoms with Crippen LogP contribution in [0.25, 0.3) is 0 Å². The Labute approximate surface area is 164 Å². The maximum atomic E-state index is 13.1. The number of carbonyl (C=O) groups excluding carboxylic acids is 1. The molecular formula is C19H19ClF3NO4. The monoisotopic (exact) mass is 417 g/mol. The molecule has 0 saturated heterocycles. The summed E-state index contributed by atoms with van der Waals surface area (Å²) in [4.78, 5) is 24.6. The van der Waals surface area contributed by atoms with E-state index in [-0.39, 0.29) is 33.1 Å². The molecule has 9 heteroatoms. The molecule has 1 aromatic carbocycles. The molecule has 2 rings (SSSR count). The first kappa shape index (κ1) is 21.8. The zero-order valence-corrected chi connectivity index (χ0v) is 16.1. The van der Waals surface area contributed by atoms with E-state index < -0.39 is 36.6 Å². The Morgan fingerprint density at radius 3 is 2.29 bits per heavy atom. The van der Waals surface area contributed by atoms with Gasteiger partial charge in [-0.05, 0) is 31.9 Å². The third kappa shape index (κ3) is 4.32. The second-order valence-corrected chi connectivity index (χ2v) is 6.71. The van der Waals surface area contributed by atoms with E-state index >= 15 is 0 Å². The lowest BCUT2D eigenvalue weighted by atomic mass is 9.80. The number of aliphatic carboxylic acids is 1. The third-order valence-electron chi connectivity index (χ3n) is 4.41. The van der Waals surface area contributed by atoms with Crippen molar-refractivity contribution in [3.8, 4) is 0 Å². The minimum atomic E-state index is -4.73. The van der Waals surface area contributed by atoms with Crippen LogP contribution in [0.4, 0.5) is 13.2 Å². The van der Waals surface area contributed by atoms with Crippen LogP contribution in [0.1, 0.15) is 38.7 Å². The molecule has 1 aliphatic rings. The summed E-state index contributed by atoms with van der Waals surface area (Å²) in [6.07, 6.45) is -7.50. The van der Waals surface area contributed by atoms with Gasteiger partial charge < -0.3 is 15.2 Å². The van der Waals surface area contributed by atoms with Gasteiger partial charge in [-0.3, -0.25) is 0 Å². The first-order valence-corrected chi connectivity index (χ1v) is 8.80. The Bertz CT molecular complexity index is 861. The van der Waals surface area contributed by atoms with Gasteiger partial charge in [0.25, 0.3) is 0 Å². The molecule has 1 heterocycles. The van der Waals surface area contributed by atoms with Gasteiger partial charge in [0.1, 0.15) is 0 Å². The van der Waals surface area contributed by atoms with E-state index in [0.29, 0.717) is 0 Å². The lowest BCUT2D eigenvalue weighted by molar-refractivity contribution is -0.219. The van der Waals surface area contributed by atoms with Crippen LogP contribution in [0, 0.1) is 0 Å². The fourth-order valence-electron chi connectivity index (χ4n) is 3.14. The molecule has 1 aromatic rings. The van der Waals surface area contributed by atoms with Crippen molar-refractivity contribution in [3.05, 3.63) is 57.4 Å². The lowest BCUT2D eigenvalue weighted by Crippen LogP contribution is -2.37. The predicted octanol–water partition coefficient (Wildman–Crippen LogP) is 4.54. The number of dihydropyridines is 1. The number of nitrogens with one attached hydrogen (secondary N) is 1. The highest BCUT2D eigenvalue weighted by Gasteiger charge is 2.44. The van der Waals surface area contributed by atoms with E-state index in [9.17, 15) is 27.9 Å². The number of ether oxygens (including phenoxy) is 1. The van der Waals surface area contributed by atoms with Gasteiger partial charge in [-0.25, -0.2) is 9.59 Å². The summed E-state index contributed by atoms with van der Waals surface area (Å²) in [6, 6.07) is 6.25. The van der Waals surface area contributed by atoms with Crippen LogP contribution in [-0.2, 0) is 14.3 Å². The van der Waals surface area contributed by atoms with Crippen molar-refractivity contribution in [2.24, 2.45) is 0 Å². The zero-order valence-electron chi connectivity index (χ0n) is 15.4. The van der Waals surface area contributed by atoms with E-state index in [1.165, 1.54) is 32.9 Å². The minimum absolute atomic E-state index is 0.182. The summed E-state index contributed by atoms with van der Waals surface area (Å²) >= 11 is 6.21. The molecule has 2 N–H and O–H groups in total. The van der Waals surface area contributed by atoms with Crippen LogP contribution in [0.15, 0.2) is 46.8 Å². The molecule has 0 fully saturated rings. The van der Waals surface area contributed by atoms with Gasteiger partial charge in [0, 0.05) is 16.4 Å². The van der Waals surface area contributed by atoms with Gasteiger partial charge >= 0.3 is 18.1 Å². The fraction of sp³-hybridized carbons (Fsp3) is 0.368. The van der Waals surface area contributed by atoms with Crippen LogP contribution in [-0.4, -0.2) is 29.3 Å². The quantitative estimate of drug-likeness (QED) is 0.688. The second kappa shape index (κ2) is 8.26. The Morgan fingerprint density at radius 1 is 1.21 bits per heavy atom. The minimum Gasteiger partial charge on any atom is -0.478 e. The smallest absolute Gasteiger partial charge is 0.425 e. The van der Waals surface area contributed by atoms with E-state index in [4.69, 9.17) is 16.3 Å². The van der Waals surface area contributed by atoms with E-state index in [2.05, 4.69) is 5.32 Å². The Kier molecular flexibility index (Phi) is 6.44. The van der Waals surface area contributed by atoms with Crippen molar-refractivity contribution in [2.45, 2.75) is 45.4 Å². The van der Waals surface area contributed by atoms with Crippen LogP contribution in [0.2, 0.25) is 5.02 Å². The zero-order chi connectivity index (χ0) is 21.2. The SMILES string of the molecule is CCC(OC(=O)C1=C(C)NC(C)=C(C(=O)O)C1c1ccccc1Cl)C(F)(F)F. The Hall–Kier alpha value is -2.48. The van der Waals surface area contributed by atoms with Crippen molar-refractivity contribution in [1.29, 1.82) is 0 Å². The number of rotatable bonds is 5. The Balaban J connectivity index is 2.59. The lowest BCUT2D eigenvalue weighted by Gasteiger charge is -2.31. The van der Waals surface area contributed by atoms with E-state index in [0.717, 1.165) is 0 Å². The van der Waals surface area contributed by atoms with Crippen LogP contribution < -0.4 is 5.32 Å². The third-order valence-corrected chi connectivity index (χ3v) is 4.76. The standard InChI is InChI=1S/C19H19ClF3NO4/c1-4-13(19(21,22)23)28-18(27)15-10(3)24-9(2)14(17(25)26)16(15)11-7-5-6-8-12(11)20/h5-8,13,16,24H,4H2,1-3H3,(H,25,26). The number of allylic oxidation sites excluding steroid dienone is 2. The molecule has 28 heavy (non-hydrogen) atoms. The van der Waals surface area contributed by atoms with Gasteiger partial charge in [-0.2, -0.15) is 13.2 Å². The summed E-state index contributed by atoms with van der Waals surface area (Å²) in [5, 5.41) is 12.6. The maximum Gasteiger partial charge on any atom is 0.425 e. The van der Waals surface area contributed by atoms with Crippen molar-refractivity contribution < 1.29 is 32.6 Å². The van der Waals surface area contributed by atoms with Gasteiger partial charge in [-0.1, -0.05) is 36.7 Å². The molecule has 0 amide bonds. The average Bonchev–Trinajstić information content (AvgIpc) is 2.57. The number of esters is 1. The number of halogens is 4. The molecule has 0 radical (unpaired) electrons. The number of benzene rings is 1. The number of hydrogen-bond acceptors (Lipinski definition) is 4. The van der Waals surface area contributed by atoms with Crippen LogP contribution >= 0.6 is 11.6 Å². The Morgan fingerprint density at radius 2 is 1.79 bits per heavy atom. The first-order chi connectivity index (χ1) is 13.0. The molecule has 152 valence electrons. The molecule has 0 spiro atoms. The number of carboxylic acid groups (broad SMARTS) is 1. The molecule has 0 bridgehead atoms. The molecule has 2 atom stereocenters. The number of alkyl halides is 3. The second-order valence-electron chi connectivity index (χ2n) is 6.31. The van der Waals surface area contributed by atoms with Gasteiger partial charge in [0.15, 0.2) is 6.10 Å². The number of carbonyl (C=O) groups is 2. The highest BCUT2D eigenvalue weighted by Crippen LogP contribution is 2.42. The van der Waals surface area contributed by atoms with Crippen LogP contribution in [0.5, 0.6) is 0 Å². The summed E-state index contributed by atoms with van der Waals surface area (Å²) in [6.45, 7) is 4.21. The number of carboxylic acids is 1. The van der Waals surface area contributed by atoms with Crippen molar-refractivity contribution >= 4 is 23.5 Å². The van der Waals surface area contributed by atoms with Crippen LogP contribution in [0.3, 0.4) is 0 Å². The summed E-state index contributed by atoms with van der Waals surface area (Å²) in [7, 11) is 0. The highest BCUT2D eigenvalue weighted by atomic mass is 35.5. The molecule has 2 unspecified atom stereocenters. The highest BCUT2D eigenvalue weighted by molar-refractivity contribution is 6.31. The fourth-order valence-corrected chi connectivity index (χ4v) is 3.39. The van der Waals surface area contributed by atoms with Gasteiger partial charge in [-0.15, -0.1) is 0 Å². The molecule has 0 aliphatic carbocycles. The normalized spacial score (nSPS) is 18.6. The topological polar surface area (TPSA) is 75.6 Å². The molecule has 1 aliphatic heterocycles. The van der Waals surface area contributed by atoms with Gasteiger partial charge in [0.2, 0.25) is 0 Å². The van der Waals surface area contributed by atoms with Gasteiger partial charge in [0.05, 0.1) is 17.1 Å². The molecule has 0 saturated carbocycles. The van der Waals surface area contributed by atoms with E-state index in [1.54, 1.807) is 12.1 Å². The van der Waals surface area contributed by atoms with E-state index in [1.807, 2.05) is 0 Å². The van der Waals surface area contributed by atoms with Crippen molar-refractivity contribution in [2.75, 3.05) is 0 Å². The predicted molar refractivity (Wildman–Crippen MR) is 96.6 cm³/mol. The molecule has 0 aromatic heterocycles. The van der Waals surface area contributed by atoms with Crippen molar-refractivity contribution in [3.63, 3.8) is 0 Å². The average molecular weight is 418 g/mol. The molecular weight excluding hydrogens is 399 g/mol.